The van der Waals surface area contributed by atoms with Gasteiger partial charge in [0.15, 0.2) is 0 Å². The number of amides is 1. The topological polar surface area (TPSA) is 57.6 Å². The Labute approximate surface area is 118 Å². The lowest BCUT2D eigenvalue weighted by atomic mass is 9.91. The van der Waals surface area contributed by atoms with Gasteiger partial charge in [-0.3, -0.25) is 9.59 Å². The highest BCUT2D eigenvalue weighted by Gasteiger charge is 2.59. The van der Waals surface area contributed by atoms with Crippen LogP contribution >= 0.6 is 11.8 Å². The number of rotatable bonds is 3. The maximum Gasteiger partial charge on any atom is 0.307 e. The fourth-order valence-corrected chi connectivity index (χ4v) is 3.56. The van der Waals surface area contributed by atoms with Crippen LogP contribution in [0.2, 0.25) is 0 Å². The summed E-state index contributed by atoms with van der Waals surface area (Å²) >= 11 is 1.67. The van der Waals surface area contributed by atoms with Gasteiger partial charge in [0.2, 0.25) is 5.91 Å². The number of likely N-dealkylation sites (tertiary alicyclic amines) is 1. The quantitative estimate of drug-likeness (QED) is 0.864. The Hall–Kier alpha value is -0.710. The molecule has 1 unspecified atom stereocenters. The van der Waals surface area contributed by atoms with Crippen LogP contribution < -0.4 is 0 Å². The van der Waals surface area contributed by atoms with Gasteiger partial charge in [0, 0.05) is 17.8 Å². The van der Waals surface area contributed by atoms with Gasteiger partial charge in [-0.1, -0.05) is 20.8 Å². The number of hydrogen-bond acceptors (Lipinski definition) is 3. The Balaban J connectivity index is 1.78. The minimum absolute atomic E-state index is 0.0137. The fraction of sp³-hybridized carbons (Fsp3) is 0.857. The van der Waals surface area contributed by atoms with E-state index in [9.17, 15) is 9.59 Å². The highest BCUT2D eigenvalue weighted by atomic mass is 32.2. The van der Waals surface area contributed by atoms with Crippen LogP contribution in [-0.2, 0) is 9.59 Å². The molecule has 5 heteroatoms. The summed E-state index contributed by atoms with van der Waals surface area (Å²) in [6, 6.07) is 0. The van der Waals surface area contributed by atoms with Crippen molar-refractivity contribution in [3.05, 3.63) is 0 Å². The molecule has 2 fully saturated rings. The number of piperidine rings is 1. The van der Waals surface area contributed by atoms with Crippen LogP contribution in [0.4, 0.5) is 0 Å². The molecule has 2 aliphatic rings. The van der Waals surface area contributed by atoms with E-state index in [1.54, 1.807) is 11.8 Å². The molecule has 4 nitrogen and oxygen atoms in total. The lowest BCUT2D eigenvalue weighted by molar-refractivity contribution is -0.139. The van der Waals surface area contributed by atoms with E-state index in [4.69, 9.17) is 5.11 Å². The maximum absolute atomic E-state index is 12.1. The average Bonchev–Trinajstić information content (AvgIpc) is 3.01. The van der Waals surface area contributed by atoms with Gasteiger partial charge in [0.25, 0.3) is 0 Å². The maximum atomic E-state index is 12.1. The van der Waals surface area contributed by atoms with Crippen molar-refractivity contribution in [2.45, 2.75) is 44.8 Å². The van der Waals surface area contributed by atoms with Crippen molar-refractivity contribution >= 4 is 23.6 Å². The van der Waals surface area contributed by atoms with E-state index in [1.165, 1.54) is 0 Å². The van der Waals surface area contributed by atoms with E-state index < -0.39 is 5.97 Å². The van der Waals surface area contributed by atoms with Crippen LogP contribution in [0, 0.1) is 11.3 Å². The summed E-state index contributed by atoms with van der Waals surface area (Å²) in [5, 5.41) is 9.04. The van der Waals surface area contributed by atoms with Crippen LogP contribution in [0.1, 0.15) is 40.0 Å². The Morgan fingerprint density at radius 2 is 1.89 bits per heavy atom. The molecule has 1 saturated carbocycles. The Kier molecular flexibility index (Phi) is 3.87. The lowest BCUT2D eigenvalue weighted by Gasteiger charge is -2.33. The van der Waals surface area contributed by atoms with Gasteiger partial charge in [-0.2, -0.15) is 0 Å². The minimum atomic E-state index is -0.664. The highest BCUT2D eigenvalue weighted by molar-refractivity contribution is 8.01. The number of carboxylic acids is 1. The van der Waals surface area contributed by atoms with Crippen molar-refractivity contribution in [1.82, 2.24) is 4.90 Å². The second-order valence-corrected chi connectivity index (χ2v) is 8.54. The van der Waals surface area contributed by atoms with Crippen molar-refractivity contribution in [1.29, 1.82) is 0 Å². The molecule has 1 aliphatic carbocycles. The third-order valence-electron chi connectivity index (χ3n) is 4.23. The molecule has 2 rings (SSSR count). The van der Waals surface area contributed by atoms with Crippen molar-refractivity contribution in [2.75, 3.05) is 18.8 Å². The summed E-state index contributed by atoms with van der Waals surface area (Å²) < 4.78 is 0.109. The summed E-state index contributed by atoms with van der Waals surface area (Å²) in [4.78, 5) is 25.0. The number of thioether (sulfide) groups is 1. The molecule has 0 radical (unpaired) electrons. The number of nitrogens with zero attached hydrogens (tertiary/aromatic N) is 1. The fourth-order valence-electron chi connectivity index (χ4n) is 2.82. The van der Waals surface area contributed by atoms with Crippen LogP contribution in [0.5, 0.6) is 0 Å². The molecule has 1 heterocycles. The second kappa shape index (κ2) is 5.00. The molecule has 1 spiro atoms. The molecule has 0 aromatic carbocycles. The van der Waals surface area contributed by atoms with Crippen molar-refractivity contribution in [2.24, 2.45) is 11.3 Å². The summed E-state index contributed by atoms with van der Waals surface area (Å²) in [6.07, 6.45) is 2.52. The van der Waals surface area contributed by atoms with Gasteiger partial charge < -0.3 is 10.0 Å². The molecule has 0 aromatic rings. The van der Waals surface area contributed by atoms with Crippen molar-refractivity contribution in [3.63, 3.8) is 0 Å². The number of aliphatic carboxylic acids is 1. The highest BCUT2D eigenvalue weighted by Crippen LogP contribution is 2.59. The Bertz CT molecular complexity index is 381. The first-order valence-corrected chi connectivity index (χ1v) is 7.87. The predicted octanol–water partition coefficient (Wildman–Crippen LogP) is 2.23. The first-order valence-electron chi connectivity index (χ1n) is 6.88. The average molecular weight is 285 g/mol. The summed E-state index contributed by atoms with van der Waals surface area (Å²) in [7, 11) is 0. The van der Waals surface area contributed by atoms with E-state index >= 15 is 0 Å². The van der Waals surface area contributed by atoms with Crippen LogP contribution in [-0.4, -0.2) is 45.5 Å². The third kappa shape index (κ3) is 3.44. The molecule has 19 heavy (non-hydrogen) atoms. The van der Waals surface area contributed by atoms with Crippen molar-refractivity contribution < 1.29 is 14.7 Å². The lowest BCUT2D eigenvalue weighted by Crippen LogP contribution is -2.41. The second-order valence-electron chi connectivity index (χ2n) is 6.74. The van der Waals surface area contributed by atoms with Gasteiger partial charge in [-0.25, -0.2) is 0 Å². The van der Waals surface area contributed by atoms with Gasteiger partial charge in [0.05, 0.1) is 11.7 Å². The Morgan fingerprint density at radius 1 is 1.32 bits per heavy atom. The van der Waals surface area contributed by atoms with E-state index in [0.717, 1.165) is 32.4 Å². The molecule has 1 atom stereocenters. The molecule has 1 saturated heterocycles. The van der Waals surface area contributed by atoms with E-state index in [0.29, 0.717) is 5.75 Å². The van der Waals surface area contributed by atoms with Crippen LogP contribution in [0.25, 0.3) is 0 Å². The van der Waals surface area contributed by atoms with E-state index in [1.807, 2.05) is 4.90 Å². The van der Waals surface area contributed by atoms with Gasteiger partial charge >= 0.3 is 5.97 Å². The first kappa shape index (κ1) is 14.7. The van der Waals surface area contributed by atoms with Gasteiger partial charge in [-0.15, -0.1) is 11.8 Å². The third-order valence-corrected chi connectivity index (χ3v) is 5.49. The van der Waals surface area contributed by atoms with E-state index in [-0.39, 0.29) is 22.0 Å². The first-order chi connectivity index (χ1) is 8.73. The molecule has 1 aliphatic heterocycles. The zero-order valence-electron chi connectivity index (χ0n) is 11.9. The zero-order valence-corrected chi connectivity index (χ0v) is 12.8. The SMILES string of the molecule is CC(C)(C)SCC(=O)N1CCC2(CC1)CC2C(=O)O. The van der Waals surface area contributed by atoms with Crippen LogP contribution in [0.15, 0.2) is 0 Å². The number of carbonyl (C=O) groups excluding carboxylic acids is 1. The predicted molar refractivity (Wildman–Crippen MR) is 76.2 cm³/mol. The standard InChI is InChI=1S/C14H23NO3S/c1-13(2,3)19-9-11(16)15-6-4-14(5-7-15)8-10(14)12(17)18/h10H,4-9H2,1-3H3,(H,17,18). The number of carbonyl (C=O) groups is 2. The molecule has 0 bridgehead atoms. The summed E-state index contributed by atoms with van der Waals surface area (Å²) in [5.41, 5.74) is 0.0137. The monoisotopic (exact) mass is 285 g/mol. The Morgan fingerprint density at radius 3 is 2.32 bits per heavy atom. The van der Waals surface area contributed by atoms with Gasteiger partial charge in [0.1, 0.15) is 0 Å². The molecule has 108 valence electrons. The number of carboxylic acid groups (broad SMARTS) is 1. The smallest absolute Gasteiger partial charge is 0.307 e. The van der Waals surface area contributed by atoms with Gasteiger partial charge in [-0.05, 0) is 24.7 Å². The molecular formula is C14H23NO3S. The van der Waals surface area contributed by atoms with Crippen LogP contribution in [0.3, 0.4) is 0 Å². The molecule has 0 aromatic heterocycles. The van der Waals surface area contributed by atoms with E-state index in [2.05, 4.69) is 20.8 Å². The summed E-state index contributed by atoms with van der Waals surface area (Å²) in [6.45, 7) is 7.79. The molecule has 1 amide bonds. The van der Waals surface area contributed by atoms with Crippen molar-refractivity contribution in [3.8, 4) is 0 Å². The number of hydrogen-bond donors (Lipinski definition) is 1. The summed E-state index contributed by atoms with van der Waals surface area (Å²) in [5.74, 6) is -0.0992. The zero-order chi connectivity index (χ0) is 14.3. The molecule has 1 N–H and O–H groups in total. The molecular weight excluding hydrogens is 262 g/mol. The minimum Gasteiger partial charge on any atom is -0.481 e. The largest absolute Gasteiger partial charge is 0.481 e. The normalized spacial score (nSPS) is 25.4.